The smallest absolute Gasteiger partial charge is 0.261 e. The molecule has 3 atom stereocenters. The number of carbonyl (C=O) groups is 3. The molecule has 1 aromatic rings. The van der Waals surface area contributed by atoms with Crippen LogP contribution < -0.4 is 15.4 Å². The summed E-state index contributed by atoms with van der Waals surface area (Å²) in [4.78, 5) is 40.8. The van der Waals surface area contributed by atoms with Crippen molar-refractivity contribution in [3.8, 4) is 11.8 Å². The lowest BCUT2D eigenvalue weighted by Crippen LogP contribution is -2.50. The Morgan fingerprint density at radius 3 is 2.53 bits per heavy atom. The van der Waals surface area contributed by atoms with E-state index < -0.39 is 12.1 Å². The van der Waals surface area contributed by atoms with E-state index in [2.05, 4.69) is 16.7 Å². The molecule has 0 unspecified atom stereocenters. The van der Waals surface area contributed by atoms with E-state index in [1.165, 1.54) is 6.42 Å². The molecule has 2 heterocycles. The molecular weight excluding hydrogens is 456 g/mol. The van der Waals surface area contributed by atoms with Gasteiger partial charge in [0.15, 0.2) is 6.61 Å². The van der Waals surface area contributed by atoms with Crippen LogP contribution in [0, 0.1) is 29.6 Å². The number of benzene rings is 1. The Hall–Kier alpha value is -3.08. The molecule has 0 radical (unpaired) electrons. The van der Waals surface area contributed by atoms with Crippen LogP contribution in [0.15, 0.2) is 24.3 Å². The number of likely N-dealkylation sites (tertiary alicyclic amines) is 1. The second-order valence-corrected chi connectivity index (χ2v) is 11.5. The van der Waals surface area contributed by atoms with Crippen molar-refractivity contribution in [3.05, 3.63) is 29.8 Å². The minimum atomic E-state index is -0.759. The molecular formula is C28H36N4O4. The van der Waals surface area contributed by atoms with Crippen LogP contribution >= 0.6 is 0 Å². The van der Waals surface area contributed by atoms with Gasteiger partial charge in [0.25, 0.3) is 5.91 Å². The van der Waals surface area contributed by atoms with Gasteiger partial charge in [0.2, 0.25) is 11.8 Å². The highest BCUT2D eigenvalue weighted by Crippen LogP contribution is 2.47. The summed E-state index contributed by atoms with van der Waals surface area (Å²) >= 11 is 0. The van der Waals surface area contributed by atoms with E-state index in [9.17, 15) is 19.6 Å². The Balaban J connectivity index is 1.25. The fourth-order valence-electron chi connectivity index (χ4n) is 6.42. The van der Waals surface area contributed by atoms with Crippen molar-refractivity contribution in [2.24, 2.45) is 11.3 Å². The Morgan fingerprint density at radius 2 is 1.89 bits per heavy atom. The summed E-state index contributed by atoms with van der Waals surface area (Å²) < 4.78 is 5.75. The average Bonchev–Trinajstić information content (AvgIpc) is 3.41. The Kier molecular flexibility index (Phi) is 6.67. The van der Waals surface area contributed by atoms with E-state index in [0.29, 0.717) is 25.1 Å². The molecule has 2 saturated carbocycles. The molecule has 2 N–H and O–H groups in total. The highest BCUT2D eigenvalue weighted by atomic mass is 16.5. The van der Waals surface area contributed by atoms with Gasteiger partial charge in [-0.25, -0.2) is 0 Å². The second-order valence-electron chi connectivity index (χ2n) is 11.5. The largest absolute Gasteiger partial charge is 0.484 e. The molecule has 0 bridgehead atoms. The van der Waals surface area contributed by atoms with Crippen LogP contribution in [0.2, 0.25) is 0 Å². The summed E-state index contributed by atoms with van der Waals surface area (Å²) in [6.07, 6.45) is 9.04. The minimum Gasteiger partial charge on any atom is -0.484 e. The van der Waals surface area contributed by atoms with Crippen LogP contribution in [0.3, 0.4) is 0 Å². The number of rotatable bonds is 7. The molecule has 3 amide bonds. The molecule has 2 spiro atoms. The van der Waals surface area contributed by atoms with Crippen LogP contribution in [-0.4, -0.2) is 53.4 Å². The predicted molar refractivity (Wildman–Crippen MR) is 133 cm³/mol. The van der Waals surface area contributed by atoms with Gasteiger partial charge in [-0.15, -0.1) is 0 Å². The first-order valence-electron chi connectivity index (χ1n) is 13.3. The first-order valence-corrected chi connectivity index (χ1v) is 13.3. The Morgan fingerprint density at radius 1 is 1.17 bits per heavy atom. The van der Waals surface area contributed by atoms with E-state index in [-0.39, 0.29) is 41.2 Å². The zero-order chi connectivity index (χ0) is 25.3. The summed E-state index contributed by atoms with van der Waals surface area (Å²) in [5, 5.41) is 15.7. The van der Waals surface area contributed by atoms with E-state index in [1.54, 1.807) is 4.90 Å². The number of hydrogen-bond acceptors (Lipinski definition) is 5. The third-order valence-electron chi connectivity index (χ3n) is 8.67. The third kappa shape index (κ3) is 5.21. The number of ether oxygens (including phenoxy) is 1. The van der Waals surface area contributed by atoms with Gasteiger partial charge < -0.3 is 20.3 Å². The lowest BCUT2D eigenvalue weighted by molar-refractivity contribution is -0.140. The molecule has 36 heavy (non-hydrogen) atoms. The maximum absolute atomic E-state index is 13.5. The molecule has 2 aliphatic carbocycles. The van der Waals surface area contributed by atoms with Crippen molar-refractivity contribution in [3.63, 3.8) is 0 Å². The van der Waals surface area contributed by atoms with Gasteiger partial charge in [-0.2, -0.15) is 5.26 Å². The van der Waals surface area contributed by atoms with Gasteiger partial charge in [-0.05, 0) is 69.4 Å². The van der Waals surface area contributed by atoms with E-state index in [1.807, 2.05) is 31.2 Å². The molecule has 8 heteroatoms. The zero-order valence-corrected chi connectivity index (χ0v) is 21.1. The molecule has 0 aromatic heterocycles. The predicted octanol–water partition coefficient (Wildman–Crippen LogP) is 2.99. The van der Waals surface area contributed by atoms with Crippen LogP contribution in [-0.2, 0) is 14.4 Å². The summed E-state index contributed by atoms with van der Waals surface area (Å²) in [7, 11) is 0. The maximum atomic E-state index is 13.5. The van der Waals surface area contributed by atoms with Crippen molar-refractivity contribution in [1.82, 2.24) is 15.5 Å². The third-order valence-corrected chi connectivity index (χ3v) is 8.67. The summed E-state index contributed by atoms with van der Waals surface area (Å²) in [5.74, 6) is -0.167. The van der Waals surface area contributed by atoms with E-state index >= 15 is 0 Å². The Labute approximate surface area is 212 Å². The van der Waals surface area contributed by atoms with Gasteiger partial charge in [0.1, 0.15) is 17.8 Å². The van der Waals surface area contributed by atoms with Gasteiger partial charge in [-0.1, -0.05) is 37.0 Å². The molecule has 192 valence electrons. The second kappa shape index (κ2) is 9.76. The monoisotopic (exact) mass is 492 g/mol. The quantitative estimate of drug-likeness (QED) is 0.608. The molecule has 2 aliphatic heterocycles. The normalized spacial score (nSPS) is 26.3. The number of nitrogens with zero attached hydrogens (tertiary/aromatic N) is 2. The van der Waals surface area contributed by atoms with E-state index in [4.69, 9.17) is 4.74 Å². The van der Waals surface area contributed by atoms with Crippen molar-refractivity contribution in [2.75, 3.05) is 13.2 Å². The number of aryl methyl sites for hydroxylation is 1. The highest BCUT2D eigenvalue weighted by Gasteiger charge is 2.53. The number of amides is 3. The van der Waals surface area contributed by atoms with Crippen molar-refractivity contribution >= 4 is 17.7 Å². The zero-order valence-electron chi connectivity index (χ0n) is 21.1. The molecule has 8 nitrogen and oxygen atoms in total. The number of carbonyl (C=O) groups excluding carboxylic acids is 3. The highest BCUT2D eigenvalue weighted by molar-refractivity contribution is 5.89. The number of hydrogen-bond donors (Lipinski definition) is 2. The fraction of sp³-hybridized carbons (Fsp3) is 0.643. The van der Waals surface area contributed by atoms with Crippen molar-refractivity contribution < 1.29 is 19.1 Å². The molecule has 2 saturated heterocycles. The summed E-state index contributed by atoms with van der Waals surface area (Å²) in [6.45, 7) is 2.41. The SMILES string of the molecule is Cc1ccc(OCC(=O)N2CC3(CCCCC3)C[C@H]2C(=O)N[C@H](C#N)C[C@@H]2CC3(CC3)NC2=O)cc1. The van der Waals surface area contributed by atoms with Crippen LogP contribution in [0.4, 0.5) is 0 Å². The van der Waals surface area contributed by atoms with Crippen molar-refractivity contribution in [1.29, 1.82) is 5.26 Å². The van der Waals surface area contributed by atoms with Crippen LogP contribution in [0.1, 0.15) is 69.8 Å². The topological polar surface area (TPSA) is 112 Å². The number of nitriles is 1. The first-order chi connectivity index (χ1) is 17.3. The first kappa shape index (κ1) is 24.6. The van der Waals surface area contributed by atoms with Crippen LogP contribution in [0.5, 0.6) is 5.75 Å². The van der Waals surface area contributed by atoms with E-state index in [0.717, 1.165) is 50.5 Å². The van der Waals surface area contributed by atoms with Gasteiger partial charge in [-0.3, -0.25) is 14.4 Å². The fourth-order valence-corrected chi connectivity index (χ4v) is 6.42. The average molecular weight is 493 g/mol. The lowest BCUT2D eigenvalue weighted by Gasteiger charge is -2.33. The summed E-state index contributed by atoms with van der Waals surface area (Å²) in [5.41, 5.74) is 0.996. The van der Waals surface area contributed by atoms with Crippen LogP contribution in [0.25, 0.3) is 0 Å². The van der Waals surface area contributed by atoms with Gasteiger partial charge in [0, 0.05) is 18.0 Å². The Bertz CT molecular complexity index is 1050. The minimum absolute atomic E-state index is 0.0194. The lowest BCUT2D eigenvalue weighted by atomic mass is 9.72. The maximum Gasteiger partial charge on any atom is 0.261 e. The number of nitrogens with one attached hydrogen (secondary N) is 2. The molecule has 1 aromatic carbocycles. The van der Waals surface area contributed by atoms with Crippen molar-refractivity contribution in [2.45, 2.75) is 88.8 Å². The molecule has 4 fully saturated rings. The summed E-state index contributed by atoms with van der Waals surface area (Å²) in [6, 6.07) is 8.33. The van der Waals surface area contributed by atoms with Gasteiger partial charge in [0.05, 0.1) is 6.07 Å². The van der Waals surface area contributed by atoms with Gasteiger partial charge >= 0.3 is 0 Å². The molecule has 4 aliphatic rings. The molecule has 5 rings (SSSR count). The standard InChI is InChI=1S/C28H36N4O4/c1-19-5-7-22(8-6-19)36-17-24(33)32-18-27(9-3-2-4-10-27)15-23(32)26(35)30-21(16-29)13-20-14-28(11-12-28)31-25(20)34/h5-8,20-21,23H,2-4,9-15,17-18H2,1H3,(H,30,35)(H,31,34)/t20-,21+,23+/m1/s1.